The van der Waals surface area contributed by atoms with Crippen LogP contribution in [-0.2, 0) is 4.79 Å². The van der Waals surface area contributed by atoms with E-state index in [4.69, 9.17) is 11.6 Å². The van der Waals surface area contributed by atoms with Crippen LogP contribution >= 0.6 is 11.6 Å². The molecule has 0 saturated heterocycles. The topological polar surface area (TPSA) is 29.1 Å². The molecule has 1 rings (SSSR count). The van der Waals surface area contributed by atoms with Gasteiger partial charge in [0.15, 0.2) is 0 Å². The lowest BCUT2D eigenvalue weighted by Crippen LogP contribution is -2.34. The van der Waals surface area contributed by atoms with Crippen molar-refractivity contribution < 1.29 is 4.79 Å². The van der Waals surface area contributed by atoms with Crippen LogP contribution in [-0.4, -0.2) is 18.3 Å². The second-order valence-corrected chi connectivity index (χ2v) is 5.18. The van der Waals surface area contributed by atoms with Crippen LogP contribution in [0.2, 0.25) is 0 Å². The zero-order chi connectivity index (χ0) is 11.8. The van der Waals surface area contributed by atoms with E-state index in [1.54, 1.807) is 0 Å². The third-order valence-corrected chi connectivity index (χ3v) is 3.98. The molecule has 1 aliphatic rings. The van der Waals surface area contributed by atoms with Crippen molar-refractivity contribution in [3.8, 4) is 0 Å². The molecule has 1 fully saturated rings. The fourth-order valence-electron chi connectivity index (χ4n) is 2.43. The zero-order valence-electron chi connectivity index (χ0n) is 10.3. The highest BCUT2D eigenvalue weighted by Crippen LogP contribution is 2.30. The molecule has 2 nitrogen and oxygen atoms in total. The molecule has 0 bridgehead atoms. The van der Waals surface area contributed by atoms with E-state index in [-0.39, 0.29) is 5.91 Å². The average Bonchev–Trinajstić information content (AvgIpc) is 2.34. The van der Waals surface area contributed by atoms with Gasteiger partial charge in [0.05, 0.1) is 0 Å². The van der Waals surface area contributed by atoms with Crippen LogP contribution in [0.5, 0.6) is 0 Å². The summed E-state index contributed by atoms with van der Waals surface area (Å²) >= 11 is 5.96. The summed E-state index contributed by atoms with van der Waals surface area (Å²) in [5.74, 6) is 2.18. The van der Waals surface area contributed by atoms with Gasteiger partial charge in [-0.2, -0.15) is 0 Å². The summed E-state index contributed by atoms with van der Waals surface area (Å²) in [4.78, 5) is 11.5. The lowest BCUT2D eigenvalue weighted by Gasteiger charge is -2.30. The van der Waals surface area contributed by atoms with Crippen LogP contribution in [0.15, 0.2) is 0 Å². The van der Waals surface area contributed by atoms with Crippen LogP contribution in [0.1, 0.15) is 51.9 Å². The van der Waals surface area contributed by atoms with Crippen molar-refractivity contribution in [3.05, 3.63) is 0 Å². The fraction of sp³-hybridized carbons (Fsp3) is 0.923. The molecule has 0 heterocycles. The summed E-state index contributed by atoms with van der Waals surface area (Å²) in [6.45, 7) is 2.94. The molecule has 1 amide bonds. The Morgan fingerprint density at radius 2 is 2.00 bits per heavy atom. The van der Waals surface area contributed by atoms with Crippen molar-refractivity contribution in [2.75, 3.05) is 12.4 Å². The van der Waals surface area contributed by atoms with Gasteiger partial charge in [0.1, 0.15) is 0 Å². The molecular weight excluding hydrogens is 222 g/mol. The Morgan fingerprint density at radius 3 is 2.62 bits per heavy atom. The maximum Gasteiger partial charge on any atom is 0.220 e. The number of alkyl halides is 1. The molecule has 1 saturated carbocycles. The van der Waals surface area contributed by atoms with Crippen molar-refractivity contribution in [3.63, 3.8) is 0 Å². The molecule has 0 aromatic rings. The van der Waals surface area contributed by atoms with E-state index in [1.165, 1.54) is 25.7 Å². The molecule has 94 valence electrons. The molecule has 1 aliphatic carbocycles. The van der Waals surface area contributed by atoms with Crippen LogP contribution in [0.25, 0.3) is 0 Å². The molecule has 1 N–H and O–H groups in total. The first-order chi connectivity index (χ1) is 7.77. The minimum atomic E-state index is 0.209. The third kappa shape index (κ3) is 4.73. The minimum Gasteiger partial charge on any atom is -0.356 e. The third-order valence-electron chi connectivity index (χ3n) is 3.58. The van der Waals surface area contributed by atoms with Gasteiger partial charge in [-0.25, -0.2) is 0 Å². The molecule has 0 spiro atoms. The van der Waals surface area contributed by atoms with Crippen LogP contribution in [0.4, 0.5) is 0 Å². The smallest absolute Gasteiger partial charge is 0.220 e. The highest BCUT2D eigenvalue weighted by Gasteiger charge is 2.24. The van der Waals surface area contributed by atoms with Crippen molar-refractivity contribution >= 4 is 17.5 Å². The minimum absolute atomic E-state index is 0.209. The Kier molecular flexibility index (Phi) is 6.86. The summed E-state index contributed by atoms with van der Waals surface area (Å²) in [5, 5.41) is 3.05. The number of nitrogens with one attached hydrogen (secondary N) is 1. The number of amides is 1. The summed E-state index contributed by atoms with van der Waals surface area (Å²) in [6, 6.07) is 0. The SMILES string of the molecule is CCCCC(=O)NCC1CCCCC1CCl. The first-order valence-corrected chi connectivity index (χ1v) is 7.14. The van der Waals surface area contributed by atoms with Crippen molar-refractivity contribution in [1.82, 2.24) is 5.32 Å². The van der Waals surface area contributed by atoms with E-state index in [1.807, 2.05) is 0 Å². The maximum atomic E-state index is 11.5. The summed E-state index contributed by atoms with van der Waals surface area (Å²) in [5.41, 5.74) is 0. The van der Waals surface area contributed by atoms with E-state index in [0.717, 1.165) is 25.3 Å². The molecular formula is C13H24ClNO. The van der Waals surface area contributed by atoms with Gasteiger partial charge in [-0.1, -0.05) is 26.2 Å². The number of rotatable bonds is 6. The quantitative estimate of drug-likeness (QED) is 0.715. The molecule has 16 heavy (non-hydrogen) atoms. The second-order valence-electron chi connectivity index (χ2n) is 4.87. The summed E-state index contributed by atoms with van der Waals surface area (Å²) in [6.07, 6.45) is 7.82. The molecule has 0 aliphatic heterocycles. The van der Waals surface area contributed by atoms with E-state index < -0.39 is 0 Å². The Labute approximate surface area is 104 Å². The van der Waals surface area contributed by atoms with Gasteiger partial charge in [-0.3, -0.25) is 4.79 Å². The molecule has 2 unspecified atom stereocenters. The summed E-state index contributed by atoms with van der Waals surface area (Å²) in [7, 11) is 0. The Bertz CT molecular complexity index is 208. The normalized spacial score (nSPS) is 25.4. The van der Waals surface area contributed by atoms with Gasteiger partial charge in [-0.15, -0.1) is 11.6 Å². The fourth-order valence-corrected chi connectivity index (χ4v) is 2.83. The predicted octanol–water partition coefficient (Wildman–Crippen LogP) is 3.34. The van der Waals surface area contributed by atoms with Crippen molar-refractivity contribution in [1.29, 1.82) is 0 Å². The van der Waals surface area contributed by atoms with Crippen LogP contribution in [0.3, 0.4) is 0 Å². The maximum absolute atomic E-state index is 11.5. The Morgan fingerprint density at radius 1 is 1.31 bits per heavy atom. The Hall–Kier alpha value is -0.240. The lowest BCUT2D eigenvalue weighted by molar-refractivity contribution is -0.121. The van der Waals surface area contributed by atoms with Crippen LogP contribution in [0, 0.1) is 11.8 Å². The Balaban J connectivity index is 2.21. The first kappa shape index (κ1) is 13.8. The number of carbonyl (C=O) groups excluding carboxylic acids is 1. The van der Waals surface area contributed by atoms with Gasteiger partial charge < -0.3 is 5.32 Å². The molecule has 0 radical (unpaired) electrons. The number of halogens is 1. The predicted molar refractivity (Wildman–Crippen MR) is 68.7 cm³/mol. The van der Waals surface area contributed by atoms with Crippen molar-refractivity contribution in [2.45, 2.75) is 51.9 Å². The summed E-state index contributed by atoms with van der Waals surface area (Å²) < 4.78 is 0. The number of unbranched alkanes of at least 4 members (excludes halogenated alkanes) is 1. The zero-order valence-corrected chi connectivity index (χ0v) is 11.1. The first-order valence-electron chi connectivity index (χ1n) is 6.60. The number of hydrogen-bond donors (Lipinski definition) is 1. The standard InChI is InChI=1S/C13H24ClNO/c1-2-3-8-13(16)15-10-12-7-5-4-6-11(12)9-14/h11-12H,2-10H2,1H3,(H,15,16). The average molecular weight is 246 g/mol. The van der Waals surface area contributed by atoms with Gasteiger partial charge >= 0.3 is 0 Å². The highest BCUT2D eigenvalue weighted by molar-refractivity contribution is 6.18. The second kappa shape index (κ2) is 7.94. The molecule has 0 aromatic carbocycles. The van der Waals surface area contributed by atoms with E-state index in [2.05, 4.69) is 12.2 Å². The van der Waals surface area contributed by atoms with Crippen molar-refractivity contribution in [2.24, 2.45) is 11.8 Å². The molecule has 2 atom stereocenters. The van der Waals surface area contributed by atoms with E-state index >= 15 is 0 Å². The van der Waals surface area contributed by atoms with Gasteiger partial charge in [0, 0.05) is 18.8 Å². The number of hydrogen-bond acceptors (Lipinski definition) is 1. The lowest BCUT2D eigenvalue weighted by atomic mass is 9.80. The monoisotopic (exact) mass is 245 g/mol. The van der Waals surface area contributed by atoms with Gasteiger partial charge in [0.2, 0.25) is 5.91 Å². The molecule has 0 aromatic heterocycles. The largest absolute Gasteiger partial charge is 0.356 e. The van der Waals surface area contributed by atoms with Gasteiger partial charge in [0.25, 0.3) is 0 Å². The van der Waals surface area contributed by atoms with Crippen LogP contribution < -0.4 is 5.32 Å². The van der Waals surface area contributed by atoms with Gasteiger partial charge in [-0.05, 0) is 31.1 Å². The van der Waals surface area contributed by atoms with E-state index in [0.29, 0.717) is 18.3 Å². The highest BCUT2D eigenvalue weighted by atomic mass is 35.5. The molecule has 3 heteroatoms. The number of carbonyl (C=O) groups is 1. The van der Waals surface area contributed by atoms with E-state index in [9.17, 15) is 4.79 Å².